The van der Waals surface area contributed by atoms with E-state index >= 15 is 0 Å². The molecule has 1 aromatic carbocycles. The molecule has 1 N–H and O–H groups in total. The van der Waals surface area contributed by atoms with Crippen molar-refractivity contribution < 1.29 is 14.3 Å². The first-order chi connectivity index (χ1) is 14.7. The Morgan fingerprint density at radius 2 is 1.77 bits per heavy atom. The number of carbonyl (C=O) groups is 1. The molecule has 0 amide bonds. The molecule has 0 radical (unpaired) electrons. The second kappa shape index (κ2) is 13.8. The van der Waals surface area contributed by atoms with E-state index < -0.39 is 0 Å². The van der Waals surface area contributed by atoms with Gasteiger partial charge in [-0.05, 0) is 76.5 Å². The Balaban J connectivity index is 0.00000341. The summed E-state index contributed by atoms with van der Waals surface area (Å²) in [7, 11) is 0. The number of guanidine groups is 1. The summed E-state index contributed by atoms with van der Waals surface area (Å²) in [5, 5.41) is 3.40. The molecule has 0 aromatic heterocycles. The number of benzene rings is 1. The number of ether oxygens (including phenoxy) is 2. The third-order valence-electron chi connectivity index (χ3n) is 5.94. The zero-order chi connectivity index (χ0) is 21.2. The van der Waals surface area contributed by atoms with Crippen LogP contribution >= 0.6 is 24.0 Å². The summed E-state index contributed by atoms with van der Waals surface area (Å²) in [6.07, 6.45) is 7.89. The van der Waals surface area contributed by atoms with Crippen LogP contribution in [0.3, 0.4) is 0 Å². The number of piperidine rings is 1. The molecule has 7 heteroatoms. The first-order valence-corrected chi connectivity index (χ1v) is 11.6. The molecule has 1 saturated heterocycles. The lowest BCUT2D eigenvalue weighted by Crippen LogP contribution is -2.46. The Kier molecular flexibility index (Phi) is 11.5. The van der Waals surface area contributed by atoms with Crippen molar-refractivity contribution in [2.24, 2.45) is 10.9 Å². The number of likely N-dealkylation sites (tertiary alicyclic amines) is 1. The van der Waals surface area contributed by atoms with Crippen LogP contribution in [0.4, 0.5) is 0 Å². The minimum atomic E-state index is -0.0561. The highest BCUT2D eigenvalue weighted by atomic mass is 127. The smallest absolute Gasteiger partial charge is 0.309 e. The second-order valence-corrected chi connectivity index (χ2v) is 8.17. The van der Waals surface area contributed by atoms with Gasteiger partial charge in [0.2, 0.25) is 0 Å². The first kappa shape index (κ1) is 25.7. The van der Waals surface area contributed by atoms with E-state index in [0.717, 1.165) is 57.2 Å². The SMILES string of the molecule is CCNC(=NCCc1ccc(OC2CCCC2)cc1)N1CCC(C(=O)OCC)CC1.I. The fourth-order valence-corrected chi connectivity index (χ4v) is 4.24. The molecule has 1 aliphatic heterocycles. The van der Waals surface area contributed by atoms with E-state index in [9.17, 15) is 4.79 Å². The molecule has 1 aromatic rings. The van der Waals surface area contributed by atoms with Crippen LogP contribution < -0.4 is 10.1 Å². The van der Waals surface area contributed by atoms with Crippen molar-refractivity contribution >= 4 is 35.9 Å². The zero-order valence-electron chi connectivity index (χ0n) is 19.0. The molecule has 0 bridgehead atoms. The molecule has 6 nitrogen and oxygen atoms in total. The summed E-state index contributed by atoms with van der Waals surface area (Å²) in [6.45, 7) is 7.65. The lowest BCUT2D eigenvalue weighted by molar-refractivity contribution is -0.149. The molecule has 2 aliphatic rings. The lowest BCUT2D eigenvalue weighted by atomic mass is 9.97. The highest BCUT2D eigenvalue weighted by Crippen LogP contribution is 2.24. The summed E-state index contributed by atoms with van der Waals surface area (Å²) in [5.74, 6) is 1.89. The zero-order valence-corrected chi connectivity index (χ0v) is 21.3. The number of esters is 1. The van der Waals surface area contributed by atoms with Crippen LogP contribution in [-0.2, 0) is 16.0 Å². The number of nitrogens with one attached hydrogen (secondary N) is 1. The predicted molar refractivity (Wildman–Crippen MR) is 135 cm³/mol. The molecular formula is C24H38IN3O3. The highest BCUT2D eigenvalue weighted by Gasteiger charge is 2.27. The summed E-state index contributed by atoms with van der Waals surface area (Å²) in [6, 6.07) is 8.47. The normalized spacial score (nSPS) is 17.9. The Morgan fingerprint density at radius 3 is 2.39 bits per heavy atom. The van der Waals surface area contributed by atoms with Crippen LogP contribution in [0.2, 0.25) is 0 Å². The monoisotopic (exact) mass is 543 g/mol. The number of carbonyl (C=O) groups excluding carboxylic acids is 1. The largest absolute Gasteiger partial charge is 0.490 e. The maximum absolute atomic E-state index is 12.0. The minimum absolute atomic E-state index is 0. The molecule has 3 rings (SSSR count). The quantitative estimate of drug-likeness (QED) is 0.228. The maximum Gasteiger partial charge on any atom is 0.309 e. The molecule has 31 heavy (non-hydrogen) atoms. The molecule has 2 fully saturated rings. The van der Waals surface area contributed by atoms with Gasteiger partial charge in [-0.3, -0.25) is 9.79 Å². The van der Waals surface area contributed by atoms with Gasteiger partial charge in [-0.15, -0.1) is 24.0 Å². The lowest BCUT2D eigenvalue weighted by Gasteiger charge is -2.33. The van der Waals surface area contributed by atoms with E-state index in [1.807, 2.05) is 6.92 Å². The summed E-state index contributed by atoms with van der Waals surface area (Å²) < 4.78 is 11.2. The fourth-order valence-electron chi connectivity index (χ4n) is 4.24. The van der Waals surface area contributed by atoms with Gasteiger partial charge < -0.3 is 19.7 Å². The molecule has 0 unspecified atom stereocenters. The molecular weight excluding hydrogens is 505 g/mol. The van der Waals surface area contributed by atoms with E-state index in [1.54, 1.807) is 0 Å². The maximum atomic E-state index is 12.0. The van der Waals surface area contributed by atoms with E-state index in [-0.39, 0.29) is 35.9 Å². The fraction of sp³-hybridized carbons (Fsp3) is 0.667. The average Bonchev–Trinajstić information content (AvgIpc) is 3.28. The van der Waals surface area contributed by atoms with Gasteiger partial charge in [0.15, 0.2) is 5.96 Å². The van der Waals surface area contributed by atoms with Crippen molar-refractivity contribution in [3.63, 3.8) is 0 Å². The molecule has 174 valence electrons. The van der Waals surface area contributed by atoms with E-state index in [4.69, 9.17) is 14.5 Å². The topological polar surface area (TPSA) is 63.2 Å². The standard InChI is InChI=1S/C24H37N3O3.HI/c1-3-25-24(27-17-14-20(15-18-27)23(28)29-4-2)26-16-13-19-9-11-22(12-10-19)30-21-7-5-6-8-21;/h9-12,20-21H,3-8,13-18H2,1-2H3,(H,25,26);1H. The highest BCUT2D eigenvalue weighted by molar-refractivity contribution is 14.0. The van der Waals surface area contributed by atoms with Crippen molar-refractivity contribution in [1.82, 2.24) is 10.2 Å². The number of halogens is 1. The van der Waals surface area contributed by atoms with Gasteiger partial charge in [-0.2, -0.15) is 0 Å². The van der Waals surface area contributed by atoms with Gasteiger partial charge >= 0.3 is 5.97 Å². The van der Waals surface area contributed by atoms with Crippen LogP contribution in [0.5, 0.6) is 5.75 Å². The van der Waals surface area contributed by atoms with Gasteiger partial charge in [0.1, 0.15) is 5.75 Å². The number of rotatable bonds is 8. The van der Waals surface area contributed by atoms with E-state index in [0.29, 0.717) is 12.7 Å². The van der Waals surface area contributed by atoms with Gasteiger partial charge in [0.25, 0.3) is 0 Å². The van der Waals surface area contributed by atoms with E-state index in [1.165, 1.54) is 31.2 Å². The summed E-state index contributed by atoms with van der Waals surface area (Å²) in [4.78, 5) is 19.0. The van der Waals surface area contributed by atoms with Crippen molar-refractivity contribution in [2.45, 2.75) is 64.9 Å². The molecule has 1 saturated carbocycles. The third-order valence-corrected chi connectivity index (χ3v) is 5.94. The Labute approximate surface area is 204 Å². The van der Waals surface area contributed by atoms with Crippen LogP contribution in [0, 0.1) is 5.92 Å². The number of hydrogen-bond donors (Lipinski definition) is 1. The van der Waals surface area contributed by atoms with Gasteiger partial charge in [0.05, 0.1) is 18.6 Å². The third kappa shape index (κ3) is 8.16. The number of aliphatic imine (C=N–C) groups is 1. The van der Waals surface area contributed by atoms with Crippen LogP contribution in [0.1, 0.15) is 57.9 Å². The van der Waals surface area contributed by atoms with Crippen LogP contribution in [-0.4, -0.2) is 55.7 Å². The van der Waals surface area contributed by atoms with E-state index in [2.05, 4.69) is 41.4 Å². The molecule has 1 heterocycles. The first-order valence-electron chi connectivity index (χ1n) is 11.6. The van der Waals surface area contributed by atoms with Crippen molar-refractivity contribution in [1.29, 1.82) is 0 Å². The summed E-state index contributed by atoms with van der Waals surface area (Å²) in [5.41, 5.74) is 1.27. The molecule has 0 atom stereocenters. The average molecular weight is 543 g/mol. The Morgan fingerprint density at radius 1 is 1.10 bits per heavy atom. The van der Waals surface area contributed by atoms with Crippen LogP contribution in [0.25, 0.3) is 0 Å². The minimum Gasteiger partial charge on any atom is -0.490 e. The molecule has 1 aliphatic carbocycles. The van der Waals surface area contributed by atoms with Gasteiger partial charge in [-0.1, -0.05) is 12.1 Å². The Bertz CT molecular complexity index is 682. The molecule has 0 spiro atoms. The summed E-state index contributed by atoms with van der Waals surface area (Å²) >= 11 is 0. The number of hydrogen-bond acceptors (Lipinski definition) is 4. The predicted octanol–water partition coefficient (Wildman–Crippen LogP) is 4.41. The van der Waals surface area contributed by atoms with Crippen LogP contribution in [0.15, 0.2) is 29.3 Å². The van der Waals surface area contributed by atoms with Crippen molar-refractivity contribution in [3.8, 4) is 5.75 Å². The number of nitrogens with zero attached hydrogens (tertiary/aromatic N) is 2. The van der Waals surface area contributed by atoms with Gasteiger partial charge in [-0.25, -0.2) is 0 Å². The second-order valence-electron chi connectivity index (χ2n) is 8.17. The van der Waals surface area contributed by atoms with Crippen molar-refractivity contribution in [2.75, 3.05) is 32.8 Å². The Hall–Kier alpha value is -1.51. The van der Waals surface area contributed by atoms with Gasteiger partial charge in [0, 0.05) is 26.2 Å². The van der Waals surface area contributed by atoms with Crippen molar-refractivity contribution in [3.05, 3.63) is 29.8 Å².